The molecule has 0 atom stereocenters. The van der Waals surface area contributed by atoms with Crippen LogP contribution in [0.5, 0.6) is 0 Å². The molecular weight excluding hydrogens is 366 g/mol. The number of hydrogen-bond donors (Lipinski definition) is 5. The summed E-state index contributed by atoms with van der Waals surface area (Å²) in [6.07, 6.45) is 0.375. The minimum Gasteiger partial charge on any atom is -0.378 e. The number of benzene rings is 1. The van der Waals surface area contributed by atoms with Crippen molar-refractivity contribution >= 4 is 22.1 Å². The molecule has 26 heavy (non-hydrogen) atoms. The van der Waals surface area contributed by atoms with E-state index < -0.39 is 22.0 Å². The molecule has 1 aromatic carbocycles. The summed E-state index contributed by atoms with van der Waals surface area (Å²) in [6.45, 7) is 0.314. The molecule has 1 heterocycles. The zero-order valence-corrected chi connectivity index (χ0v) is 15.0. The van der Waals surface area contributed by atoms with Gasteiger partial charge >= 0.3 is 16.4 Å². The van der Waals surface area contributed by atoms with Crippen LogP contribution in [-0.4, -0.2) is 54.0 Å². The first-order chi connectivity index (χ1) is 12.0. The van der Waals surface area contributed by atoms with Crippen LogP contribution in [0.1, 0.15) is 5.56 Å². The third kappa shape index (κ3) is 6.00. The van der Waals surface area contributed by atoms with Crippen molar-refractivity contribution in [3.63, 3.8) is 0 Å². The molecule has 0 radical (unpaired) electrons. The maximum absolute atomic E-state index is 12.1. The number of anilines is 1. The van der Waals surface area contributed by atoms with Crippen LogP contribution in [0.15, 0.2) is 29.1 Å². The van der Waals surface area contributed by atoms with Gasteiger partial charge in [-0.15, -0.1) is 0 Å². The molecule has 0 bridgehead atoms. The molecule has 7 N–H and O–H groups in total. The molecule has 2 rings (SSSR count). The number of primary amides is 1. The Morgan fingerprint density at radius 1 is 1.23 bits per heavy atom. The van der Waals surface area contributed by atoms with Gasteiger partial charge in [0.15, 0.2) is 0 Å². The number of aromatic amines is 1. The van der Waals surface area contributed by atoms with Gasteiger partial charge in [-0.25, -0.2) is 4.79 Å². The fourth-order valence-electron chi connectivity index (χ4n) is 2.17. The van der Waals surface area contributed by atoms with E-state index in [4.69, 9.17) is 29.0 Å². The summed E-state index contributed by atoms with van der Waals surface area (Å²) >= 11 is 0. The summed E-state index contributed by atoms with van der Waals surface area (Å²) in [4.78, 5) is 25.4. The zero-order chi connectivity index (χ0) is 20.1. The van der Waals surface area contributed by atoms with Crippen LogP contribution in [0, 0.1) is 0 Å². The fraction of sp³-hybridized carbons (Fsp3) is 0.286. The number of nitrogens with one attached hydrogen (secondary N) is 1. The van der Waals surface area contributed by atoms with Gasteiger partial charge in [0.1, 0.15) is 0 Å². The highest BCUT2D eigenvalue weighted by Gasteiger charge is 2.17. The minimum atomic E-state index is -4.67. The lowest BCUT2D eigenvalue weighted by molar-refractivity contribution is 0.247. The number of carbonyl (C=O) groups is 1. The SMILES string of the molecule is CN(C)c1ccc(-c2[nH]n(C(N)=O)c(=O)c2CCN)cc1.O=S(=O)(O)O. The standard InChI is InChI=1S/C14H19N5O2.H2O4S/c1-18(2)10-5-3-9(4-6-10)12-11(7-8-15)13(20)19(17-12)14(16)21;1-5(2,3)4/h3-6,17H,7-8,15H2,1-2H3,(H2,16,21);(H2,1,2,3,4). The van der Waals surface area contributed by atoms with E-state index in [9.17, 15) is 9.59 Å². The molecule has 1 aromatic heterocycles. The van der Waals surface area contributed by atoms with E-state index in [0.29, 0.717) is 24.2 Å². The molecule has 0 aliphatic rings. The molecule has 1 amide bonds. The molecule has 11 nitrogen and oxygen atoms in total. The number of nitrogens with two attached hydrogens (primary N) is 2. The lowest BCUT2D eigenvalue weighted by Crippen LogP contribution is -2.31. The molecule has 0 unspecified atom stereocenters. The van der Waals surface area contributed by atoms with Crippen molar-refractivity contribution < 1.29 is 22.3 Å². The van der Waals surface area contributed by atoms with Crippen LogP contribution in [0.2, 0.25) is 0 Å². The van der Waals surface area contributed by atoms with Gasteiger partial charge in [0.2, 0.25) is 0 Å². The van der Waals surface area contributed by atoms with Crippen LogP contribution in [-0.2, 0) is 16.8 Å². The number of hydrogen-bond acceptors (Lipinski definition) is 6. The summed E-state index contributed by atoms with van der Waals surface area (Å²) in [5.74, 6) is 0. The van der Waals surface area contributed by atoms with E-state index in [1.54, 1.807) is 0 Å². The highest BCUT2D eigenvalue weighted by Crippen LogP contribution is 2.22. The van der Waals surface area contributed by atoms with Gasteiger partial charge in [-0.1, -0.05) is 12.1 Å². The first kappa shape index (κ1) is 21.4. The number of rotatable bonds is 4. The van der Waals surface area contributed by atoms with Crippen molar-refractivity contribution in [2.24, 2.45) is 11.5 Å². The third-order valence-electron chi connectivity index (χ3n) is 3.27. The Bertz CT molecular complexity index is 906. The molecule has 0 spiro atoms. The van der Waals surface area contributed by atoms with Gasteiger partial charge in [0.05, 0.1) is 5.69 Å². The van der Waals surface area contributed by atoms with E-state index in [1.807, 2.05) is 43.3 Å². The summed E-state index contributed by atoms with van der Waals surface area (Å²) < 4.78 is 32.4. The minimum absolute atomic E-state index is 0.314. The van der Waals surface area contributed by atoms with Gasteiger partial charge in [-0.05, 0) is 25.1 Å². The second-order valence-electron chi connectivity index (χ2n) is 5.37. The van der Waals surface area contributed by atoms with Crippen molar-refractivity contribution in [2.75, 3.05) is 25.5 Å². The van der Waals surface area contributed by atoms with Crippen molar-refractivity contribution in [3.05, 3.63) is 40.2 Å². The normalized spacial score (nSPS) is 10.8. The second-order valence-corrected chi connectivity index (χ2v) is 6.27. The summed E-state index contributed by atoms with van der Waals surface area (Å²) in [7, 11) is -0.777. The average Bonchev–Trinajstić information content (AvgIpc) is 2.84. The predicted molar refractivity (Wildman–Crippen MR) is 96.7 cm³/mol. The summed E-state index contributed by atoms with van der Waals surface area (Å²) in [5, 5.41) is 2.76. The molecule has 0 saturated heterocycles. The van der Waals surface area contributed by atoms with Crippen molar-refractivity contribution in [3.8, 4) is 11.3 Å². The Kier molecular flexibility index (Phi) is 7.09. The molecule has 0 aliphatic carbocycles. The van der Waals surface area contributed by atoms with E-state index in [2.05, 4.69) is 5.10 Å². The lowest BCUT2D eigenvalue weighted by Gasteiger charge is -2.12. The molecule has 0 saturated carbocycles. The van der Waals surface area contributed by atoms with Crippen molar-refractivity contribution in [1.82, 2.24) is 9.78 Å². The van der Waals surface area contributed by atoms with E-state index in [1.165, 1.54) is 0 Å². The molecule has 0 aliphatic heterocycles. The number of H-pyrrole nitrogens is 1. The van der Waals surface area contributed by atoms with Crippen LogP contribution in [0.4, 0.5) is 10.5 Å². The highest BCUT2D eigenvalue weighted by molar-refractivity contribution is 7.79. The third-order valence-corrected chi connectivity index (χ3v) is 3.27. The summed E-state index contributed by atoms with van der Waals surface area (Å²) in [6, 6.07) is 6.79. The van der Waals surface area contributed by atoms with Gasteiger partial charge in [0.25, 0.3) is 5.56 Å². The van der Waals surface area contributed by atoms with Crippen molar-refractivity contribution in [2.45, 2.75) is 6.42 Å². The molecular formula is C14H21N5O6S. The maximum atomic E-state index is 12.1. The predicted octanol–water partition coefficient (Wildman–Crippen LogP) is -0.315. The Balaban J connectivity index is 0.000000597. The highest BCUT2D eigenvalue weighted by atomic mass is 32.3. The van der Waals surface area contributed by atoms with Crippen molar-refractivity contribution in [1.29, 1.82) is 0 Å². The first-order valence-electron chi connectivity index (χ1n) is 7.27. The number of aromatic nitrogens is 2. The Morgan fingerprint density at radius 2 is 1.73 bits per heavy atom. The van der Waals surface area contributed by atoms with Crippen LogP contribution >= 0.6 is 0 Å². The van der Waals surface area contributed by atoms with E-state index in [-0.39, 0.29) is 0 Å². The number of carbonyl (C=O) groups excluding carboxylic acids is 1. The van der Waals surface area contributed by atoms with Gasteiger partial charge in [-0.2, -0.15) is 13.1 Å². The van der Waals surface area contributed by atoms with Gasteiger partial charge < -0.3 is 16.4 Å². The number of amides is 1. The zero-order valence-electron chi connectivity index (χ0n) is 14.2. The van der Waals surface area contributed by atoms with Gasteiger partial charge in [-0.3, -0.25) is 19.0 Å². The van der Waals surface area contributed by atoms with Crippen LogP contribution in [0.25, 0.3) is 11.3 Å². The first-order valence-corrected chi connectivity index (χ1v) is 8.66. The smallest absolute Gasteiger partial charge is 0.378 e. The lowest BCUT2D eigenvalue weighted by atomic mass is 10.1. The fourth-order valence-corrected chi connectivity index (χ4v) is 2.17. The van der Waals surface area contributed by atoms with Crippen LogP contribution in [0.3, 0.4) is 0 Å². The maximum Gasteiger partial charge on any atom is 0.394 e. The average molecular weight is 387 g/mol. The van der Waals surface area contributed by atoms with Gasteiger partial charge in [0, 0.05) is 30.9 Å². The van der Waals surface area contributed by atoms with E-state index in [0.717, 1.165) is 15.9 Å². The monoisotopic (exact) mass is 387 g/mol. The Labute approximate surface area is 149 Å². The molecule has 2 aromatic rings. The topological polar surface area (TPSA) is 185 Å². The molecule has 144 valence electrons. The van der Waals surface area contributed by atoms with Crippen LogP contribution < -0.4 is 21.9 Å². The quantitative estimate of drug-likeness (QED) is 0.442. The molecule has 0 fully saturated rings. The summed E-state index contributed by atoms with van der Waals surface area (Å²) in [5.41, 5.74) is 13.2. The largest absolute Gasteiger partial charge is 0.394 e. The number of nitrogens with zero attached hydrogens (tertiary/aromatic N) is 2. The van der Waals surface area contributed by atoms with E-state index >= 15 is 0 Å². The Morgan fingerprint density at radius 3 is 2.12 bits per heavy atom. The molecule has 12 heteroatoms. The second kappa shape index (κ2) is 8.62. The Hall–Kier alpha value is -2.67.